The molecular weight excluding hydrogens is 450 g/mol. The minimum Gasteiger partial charge on any atom is -0.493 e. The number of methoxy groups -OCH3 is 2. The molecule has 0 saturated heterocycles. The Morgan fingerprint density at radius 1 is 1.14 bits per heavy atom. The number of ether oxygens (including phenoxy) is 2. The second-order valence-electron chi connectivity index (χ2n) is 5.56. The molecule has 2 amide bonds. The fourth-order valence-corrected chi connectivity index (χ4v) is 3.05. The molecule has 9 heteroatoms. The third-order valence-corrected chi connectivity index (χ3v) is 4.50. The average molecular weight is 469 g/mol. The maximum Gasteiger partial charge on any atom is 0.240 e. The Balaban J connectivity index is 1.84. The summed E-state index contributed by atoms with van der Waals surface area (Å²) in [6.45, 7) is 0. The van der Waals surface area contributed by atoms with Crippen molar-refractivity contribution in [3.8, 4) is 11.5 Å². The predicted molar refractivity (Wildman–Crippen MR) is 112 cm³/mol. The van der Waals surface area contributed by atoms with Gasteiger partial charge in [0.15, 0.2) is 11.5 Å². The molecule has 0 heterocycles. The highest BCUT2D eigenvalue weighted by molar-refractivity contribution is 9.10. The number of hydrogen-bond donors (Lipinski definition) is 2. The molecule has 0 atom stereocenters. The van der Waals surface area contributed by atoms with E-state index < -0.39 is 0 Å². The Morgan fingerprint density at radius 2 is 1.86 bits per heavy atom. The summed E-state index contributed by atoms with van der Waals surface area (Å²) in [5.41, 5.74) is 3.59. The normalized spacial score (nSPS) is 10.6. The number of benzene rings is 2. The zero-order valence-electron chi connectivity index (χ0n) is 15.3. The Hall–Kier alpha value is -2.58. The third-order valence-electron chi connectivity index (χ3n) is 3.59. The van der Waals surface area contributed by atoms with E-state index in [1.807, 2.05) is 0 Å². The first-order valence-corrected chi connectivity index (χ1v) is 9.39. The van der Waals surface area contributed by atoms with Crippen molar-refractivity contribution in [1.29, 1.82) is 0 Å². The van der Waals surface area contributed by atoms with Gasteiger partial charge in [-0.2, -0.15) is 5.10 Å². The molecule has 148 valence electrons. The standard InChI is InChI=1S/C19H19BrClN3O4/c1-27-16-10-12(9-13(20)19(16)28-2)11-22-24-18(26)8-7-17(25)23-15-6-4-3-5-14(15)21/h3-6,9-11H,7-8H2,1-2H3,(H,23,25)(H,24,26). The molecule has 0 aromatic heterocycles. The third kappa shape index (κ3) is 6.24. The van der Waals surface area contributed by atoms with Gasteiger partial charge in [0.1, 0.15) is 0 Å². The minimum absolute atomic E-state index is 0.00842. The lowest BCUT2D eigenvalue weighted by atomic mass is 10.2. The lowest BCUT2D eigenvalue weighted by Gasteiger charge is -2.10. The van der Waals surface area contributed by atoms with Crippen LogP contribution >= 0.6 is 27.5 Å². The van der Waals surface area contributed by atoms with Crippen LogP contribution < -0.4 is 20.2 Å². The molecule has 2 N–H and O–H groups in total. The van der Waals surface area contributed by atoms with Crippen LogP contribution in [-0.4, -0.2) is 32.2 Å². The second kappa shape index (κ2) is 10.7. The number of nitrogens with zero attached hydrogens (tertiary/aromatic N) is 1. The van der Waals surface area contributed by atoms with Gasteiger partial charge >= 0.3 is 0 Å². The molecule has 0 saturated carbocycles. The average Bonchev–Trinajstić information content (AvgIpc) is 2.67. The first-order valence-electron chi connectivity index (χ1n) is 8.22. The summed E-state index contributed by atoms with van der Waals surface area (Å²) in [7, 11) is 3.07. The van der Waals surface area contributed by atoms with Crippen molar-refractivity contribution < 1.29 is 19.1 Å². The topological polar surface area (TPSA) is 89.0 Å². The summed E-state index contributed by atoms with van der Waals surface area (Å²) in [6, 6.07) is 10.4. The molecule has 28 heavy (non-hydrogen) atoms. The number of carbonyl (C=O) groups is 2. The Bertz CT molecular complexity index is 889. The fraction of sp³-hybridized carbons (Fsp3) is 0.211. The zero-order valence-corrected chi connectivity index (χ0v) is 17.6. The first-order chi connectivity index (χ1) is 13.4. The molecule has 0 radical (unpaired) electrons. The van der Waals surface area contributed by atoms with E-state index in [9.17, 15) is 9.59 Å². The smallest absolute Gasteiger partial charge is 0.240 e. The highest BCUT2D eigenvalue weighted by Gasteiger charge is 2.10. The number of anilines is 1. The van der Waals surface area contributed by atoms with Crippen LogP contribution in [0.15, 0.2) is 46.0 Å². The number of hydrazone groups is 1. The van der Waals surface area contributed by atoms with Gasteiger partial charge in [-0.3, -0.25) is 9.59 Å². The van der Waals surface area contributed by atoms with E-state index in [2.05, 4.69) is 31.8 Å². The van der Waals surface area contributed by atoms with E-state index in [0.717, 1.165) is 0 Å². The summed E-state index contributed by atoms with van der Waals surface area (Å²) >= 11 is 9.36. The predicted octanol–water partition coefficient (Wildman–Crippen LogP) is 3.99. The highest BCUT2D eigenvalue weighted by atomic mass is 79.9. The fourth-order valence-electron chi connectivity index (χ4n) is 2.25. The summed E-state index contributed by atoms with van der Waals surface area (Å²) in [5.74, 6) is 0.398. The largest absolute Gasteiger partial charge is 0.493 e. The van der Waals surface area contributed by atoms with Gasteiger partial charge in [-0.1, -0.05) is 23.7 Å². The van der Waals surface area contributed by atoms with Crippen LogP contribution in [0.1, 0.15) is 18.4 Å². The van der Waals surface area contributed by atoms with Gasteiger partial charge in [0.25, 0.3) is 0 Å². The van der Waals surface area contributed by atoms with E-state index in [1.54, 1.807) is 43.5 Å². The van der Waals surface area contributed by atoms with Crippen molar-refractivity contribution in [2.75, 3.05) is 19.5 Å². The monoisotopic (exact) mass is 467 g/mol. The SMILES string of the molecule is COc1cc(C=NNC(=O)CCC(=O)Nc2ccccc2Cl)cc(Br)c1OC. The summed E-state index contributed by atoms with van der Waals surface area (Å²) < 4.78 is 11.2. The van der Waals surface area contributed by atoms with E-state index >= 15 is 0 Å². The highest BCUT2D eigenvalue weighted by Crippen LogP contribution is 2.35. The van der Waals surface area contributed by atoms with Gasteiger partial charge in [-0.15, -0.1) is 0 Å². The van der Waals surface area contributed by atoms with E-state index in [-0.39, 0.29) is 24.7 Å². The number of para-hydroxylation sites is 1. The van der Waals surface area contributed by atoms with Crippen molar-refractivity contribution in [2.45, 2.75) is 12.8 Å². The molecule has 0 fully saturated rings. The van der Waals surface area contributed by atoms with Crippen molar-refractivity contribution >= 4 is 51.2 Å². The lowest BCUT2D eigenvalue weighted by Crippen LogP contribution is -2.20. The van der Waals surface area contributed by atoms with E-state index in [4.69, 9.17) is 21.1 Å². The number of nitrogens with one attached hydrogen (secondary N) is 2. The molecule has 2 aromatic rings. The quantitative estimate of drug-likeness (QED) is 0.453. The number of carbonyl (C=O) groups excluding carboxylic acids is 2. The van der Waals surface area contributed by atoms with Gasteiger partial charge in [-0.05, 0) is 45.8 Å². The number of rotatable bonds is 8. The Morgan fingerprint density at radius 3 is 2.54 bits per heavy atom. The van der Waals surface area contributed by atoms with Crippen LogP contribution in [0, 0.1) is 0 Å². The van der Waals surface area contributed by atoms with Crippen molar-refractivity contribution in [2.24, 2.45) is 5.10 Å². The van der Waals surface area contributed by atoms with E-state index in [1.165, 1.54) is 13.3 Å². The minimum atomic E-state index is -0.384. The van der Waals surface area contributed by atoms with Gasteiger partial charge in [-0.25, -0.2) is 5.43 Å². The van der Waals surface area contributed by atoms with Gasteiger partial charge in [0.2, 0.25) is 11.8 Å². The summed E-state index contributed by atoms with van der Waals surface area (Å²) in [6.07, 6.45) is 1.46. The molecule has 2 aromatic carbocycles. The van der Waals surface area contributed by atoms with Gasteiger partial charge in [0.05, 0.1) is 35.6 Å². The Labute approximate surface area is 176 Å². The van der Waals surface area contributed by atoms with Crippen molar-refractivity contribution in [1.82, 2.24) is 5.43 Å². The summed E-state index contributed by atoms with van der Waals surface area (Å²) in [4.78, 5) is 23.8. The van der Waals surface area contributed by atoms with Crippen LogP contribution in [0.5, 0.6) is 11.5 Å². The lowest BCUT2D eigenvalue weighted by molar-refractivity contribution is -0.124. The molecular formula is C19H19BrClN3O4. The molecule has 7 nitrogen and oxygen atoms in total. The van der Waals surface area contributed by atoms with Crippen LogP contribution in [0.4, 0.5) is 5.69 Å². The summed E-state index contributed by atoms with van der Waals surface area (Å²) in [5, 5.41) is 6.99. The van der Waals surface area contributed by atoms with Gasteiger partial charge < -0.3 is 14.8 Å². The maximum atomic E-state index is 11.9. The van der Waals surface area contributed by atoms with Crippen LogP contribution in [0.2, 0.25) is 5.02 Å². The molecule has 0 aliphatic carbocycles. The Kier molecular flexibility index (Phi) is 8.28. The second-order valence-corrected chi connectivity index (χ2v) is 6.82. The number of hydrogen-bond acceptors (Lipinski definition) is 5. The van der Waals surface area contributed by atoms with Gasteiger partial charge in [0, 0.05) is 12.8 Å². The molecule has 0 spiro atoms. The van der Waals surface area contributed by atoms with Crippen molar-refractivity contribution in [3.05, 3.63) is 51.5 Å². The maximum absolute atomic E-state index is 11.9. The number of amides is 2. The van der Waals surface area contributed by atoms with E-state index in [0.29, 0.717) is 32.2 Å². The molecule has 0 aliphatic heterocycles. The first kappa shape index (κ1) is 21.7. The molecule has 0 aliphatic rings. The molecule has 2 rings (SSSR count). The van der Waals surface area contributed by atoms with Crippen molar-refractivity contribution in [3.63, 3.8) is 0 Å². The zero-order chi connectivity index (χ0) is 20.5. The molecule has 0 unspecified atom stereocenters. The van der Waals surface area contributed by atoms with Crippen LogP contribution in [0.3, 0.4) is 0 Å². The number of halogens is 2. The van der Waals surface area contributed by atoms with Crippen LogP contribution in [0.25, 0.3) is 0 Å². The molecule has 0 bridgehead atoms. The van der Waals surface area contributed by atoms with Crippen LogP contribution in [-0.2, 0) is 9.59 Å².